The highest BCUT2D eigenvalue weighted by atomic mass is 16.4. The summed E-state index contributed by atoms with van der Waals surface area (Å²) in [5, 5.41) is 11.0. The monoisotopic (exact) mass is 429 g/mol. The highest BCUT2D eigenvalue weighted by Gasteiger charge is 2.09. The van der Waals surface area contributed by atoms with Crippen LogP contribution >= 0.6 is 0 Å². The minimum Gasteiger partial charge on any atom is -0.480 e. The molecule has 0 radical (unpaired) electrons. The van der Waals surface area contributed by atoms with Crippen molar-refractivity contribution in [2.75, 3.05) is 6.54 Å². The molecule has 0 saturated carbocycles. The maximum atomic E-state index is 12.5. The number of aliphatic carboxylic acids is 1. The molecule has 3 rings (SSSR count). The summed E-state index contributed by atoms with van der Waals surface area (Å²) in [5.41, 5.74) is 3.24. The number of carbonyl (C=O) groups is 3. The maximum Gasteiger partial charge on any atom is 0.322 e. The molecule has 0 aliphatic carbocycles. The average Bonchev–Trinajstić information content (AvgIpc) is 3.25. The summed E-state index contributed by atoms with van der Waals surface area (Å²) in [4.78, 5) is 39.3. The van der Waals surface area contributed by atoms with Crippen molar-refractivity contribution in [3.63, 3.8) is 0 Å². The van der Waals surface area contributed by atoms with Crippen LogP contribution in [0.3, 0.4) is 0 Å². The van der Waals surface area contributed by atoms with Crippen LogP contribution in [0.25, 0.3) is 12.2 Å². The molecule has 1 aromatic heterocycles. The Morgan fingerprint density at radius 1 is 1.06 bits per heavy atom. The summed E-state index contributed by atoms with van der Waals surface area (Å²) in [6, 6.07) is 14.7. The first-order chi connectivity index (χ1) is 15.4. The molecule has 3 aromatic rings. The number of ketones is 1. The number of carboxylic acids is 1. The first-order valence-electron chi connectivity index (χ1n) is 9.99. The van der Waals surface area contributed by atoms with Crippen molar-refractivity contribution in [2.45, 2.75) is 13.5 Å². The molecule has 0 aliphatic heterocycles. The van der Waals surface area contributed by atoms with E-state index >= 15 is 0 Å². The standard InChI is InChI=1S/C25H23N3O4/c1-18-7-9-19(10-8-18)11-12-22(29)24-26-13-15-28(24)14-3-5-20-4-2-6-21(16-20)25(32)27-17-23(30)31/h2-13,15-16H,14,17H2,1H3,(H,27,32)(H,30,31)/b5-3+,12-11+. The van der Waals surface area contributed by atoms with Gasteiger partial charge in [0.2, 0.25) is 5.78 Å². The molecule has 32 heavy (non-hydrogen) atoms. The van der Waals surface area contributed by atoms with Crippen LogP contribution in [-0.2, 0) is 11.3 Å². The number of carboxylic acid groups (broad SMARTS) is 1. The van der Waals surface area contributed by atoms with Crippen molar-refractivity contribution in [1.82, 2.24) is 14.9 Å². The number of rotatable bonds is 9. The molecular weight excluding hydrogens is 406 g/mol. The zero-order chi connectivity index (χ0) is 22.9. The molecule has 0 fully saturated rings. The molecule has 2 aromatic carbocycles. The molecule has 0 saturated heterocycles. The van der Waals surface area contributed by atoms with Gasteiger partial charge >= 0.3 is 5.97 Å². The number of benzene rings is 2. The summed E-state index contributed by atoms with van der Waals surface area (Å²) >= 11 is 0. The van der Waals surface area contributed by atoms with Crippen LogP contribution in [-0.4, -0.2) is 38.9 Å². The van der Waals surface area contributed by atoms with Crippen molar-refractivity contribution < 1.29 is 19.5 Å². The van der Waals surface area contributed by atoms with Gasteiger partial charge in [-0.2, -0.15) is 0 Å². The number of imidazole rings is 1. The topological polar surface area (TPSA) is 101 Å². The molecule has 2 N–H and O–H groups in total. The number of nitrogens with zero attached hydrogens (tertiary/aromatic N) is 2. The molecule has 1 heterocycles. The first kappa shape index (κ1) is 22.4. The Bertz CT molecular complexity index is 1170. The SMILES string of the molecule is Cc1ccc(/C=C/C(=O)c2nccn2C/C=C/c2cccc(C(=O)NCC(=O)O)c2)cc1. The van der Waals surface area contributed by atoms with Gasteiger partial charge < -0.3 is 15.0 Å². The van der Waals surface area contributed by atoms with Crippen LogP contribution in [0.2, 0.25) is 0 Å². The van der Waals surface area contributed by atoms with Crippen molar-refractivity contribution in [1.29, 1.82) is 0 Å². The second-order valence-electron chi connectivity index (χ2n) is 7.12. The predicted octanol–water partition coefficient (Wildman–Crippen LogP) is 3.62. The van der Waals surface area contributed by atoms with Gasteiger partial charge in [-0.3, -0.25) is 14.4 Å². The first-order valence-corrected chi connectivity index (χ1v) is 9.99. The van der Waals surface area contributed by atoms with E-state index in [0.29, 0.717) is 17.9 Å². The van der Waals surface area contributed by atoms with Gasteiger partial charge in [0.25, 0.3) is 5.91 Å². The Kier molecular flexibility index (Phi) is 7.48. The van der Waals surface area contributed by atoms with Gasteiger partial charge in [-0.05, 0) is 36.3 Å². The van der Waals surface area contributed by atoms with Crippen LogP contribution < -0.4 is 5.32 Å². The van der Waals surface area contributed by atoms with Crippen LogP contribution in [0.1, 0.15) is 37.7 Å². The van der Waals surface area contributed by atoms with E-state index in [0.717, 1.165) is 16.7 Å². The van der Waals surface area contributed by atoms with Gasteiger partial charge in [0.15, 0.2) is 5.82 Å². The van der Waals surface area contributed by atoms with Crippen LogP contribution in [0.15, 0.2) is 73.1 Å². The number of nitrogens with one attached hydrogen (secondary N) is 1. The highest BCUT2D eigenvalue weighted by molar-refractivity contribution is 6.04. The lowest BCUT2D eigenvalue weighted by Crippen LogP contribution is -2.29. The van der Waals surface area contributed by atoms with Gasteiger partial charge in [-0.1, -0.05) is 60.2 Å². The fourth-order valence-corrected chi connectivity index (χ4v) is 2.95. The summed E-state index contributed by atoms with van der Waals surface area (Å²) in [6.45, 7) is 2.00. The van der Waals surface area contributed by atoms with Gasteiger partial charge in [-0.25, -0.2) is 4.98 Å². The highest BCUT2D eigenvalue weighted by Crippen LogP contribution is 2.10. The van der Waals surface area contributed by atoms with E-state index in [1.807, 2.05) is 49.4 Å². The summed E-state index contributed by atoms with van der Waals surface area (Å²) in [7, 11) is 0. The fourth-order valence-electron chi connectivity index (χ4n) is 2.95. The molecular formula is C25H23N3O4. The van der Waals surface area contributed by atoms with E-state index in [-0.39, 0.29) is 5.78 Å². The Morgan fingerprint density at radius 2 is 1.84 bits per heavy atom. The van der Waals surface area contributed by atoms with E-state index < -0.39 is 18.4 Å². The normalized spacial score (nSPS) is 11.2. The smallest absolute Gasteiger partial charge is 0.322 e. The van der Waals surface area contributed by atoms with E-state index in [1.165, 1.54) is 6.08 Å². The van der Waals surface area contributed by atoms with Crippen molar-refractivity contribution >= 4 is 29.8 Å². The van der Waals surface area contributed by atoms with Crippen molar-refractivity contribution in [2.24, 2.45) is 0 Å². The number of hydrogen-bond acceptors (Lipinski definition) is 4. The molecule has 162 valence electrons. The quantitative estimate of drug-likeness (QED) is 0.400. The molecule has 0 aliphatic rings. The lowest BCUT2D eigenvalue weighted by molar-refractivity contribution is -0.135. The zero-order valence-corrected chi connectivity index (χ0v) is 17.6. The second kappa shape index (κ2) is 10.7. The third-order valence-electron chi connectivity index (χ3n) is 4.60. The van der Waals surface area contributed by atoms with Crippen LogP contribution in [0.4, 0.5) is 0 Å². The van der Waals surface area contributed by atoms with E-state index in [4.69, 9.17) is 5.11 Å². The van der Waals surface area contributed by atoms with Gasteiger partial charge in [-0.15, -0.1) is 0 Å². The minimum atomic E-state index is -1.10. The van der Waals surface area contributed by atoms with Crippen molar-refractivity contribution in [3.8, 4) is 0 Å². The van der Waals surface area contributed by atoms with E-state index in [1.54, 1.807) is 41.2 Å². The molecule has 0 unspecified atom stereocenters. The second-order valence-corrected chi connectivity index (χ2v) is 7.12. The molecule has 0 bridgehead atoms. The molecule has 0 spiro atoms. The van der Waals surface area contributed by atoms with Gasteiger partial charge in [0.1, 0.15) is 6.54 Å². The molecule has 1 amide bonds. The minimum absolute atomic E-state index is 0.193. The largest absolute Gasteiger partial charge is 0.480 e. The lowest BCUT2D eigenvalue weighted by atomic mass is 10.1. The maximum absolute atomic E-state index is 12.5. The summed E-state index contributed by atoms with van der Waals surface area (Å²) in [6.07, 6.45) is 10.3. The van der Waals surface area contributed by atoms with E-state index in [9.17, 15) is 14.4 Å². The van der Waals surface area contributed by atoms with Gasteiger partial charge in [0, 0.05) is 24.5 Å². The zero-order valence-electron chi connectivity index (χ0n) is 17.6. The van der Waals surface area contributed by atoms with Crippen molar-refractivity contribution in [3.05, 3.63) is 101 Å². The van der Waals surface area contributed by atoms with Gasteiger partial charge in [0.05, 0.1) is 0 Å². The molecule has 7 nitrogen and oxygen atoms in total. The Hall–Kier alpha value is -4.26. The molecule has 7 heteroatoms. The summed E-state index contributed by atoms with van der Waals surface area (Å²) in [5.74, 6) is -1.42. The number of amides is 1. The third kappa shape index (κ3) is 6.37. The van der Waals surface area contributed by atoms with Crippen LogP contribution in [0, 0.1) is 6.92 Å². The Labute approximate surface area is 185 Å². The predicted molar refractivity (Wildman–Crippen MR) is 122 cm³/mol. The van der Waals surface area contributed by atoms with E-state index in [2.05, 4.69) is 10.3 Å². The number of allylic oxidation sites excluding steroid dienone is 2. The summed E-state index contributed by atoms with van der Waals surface area (Å²) < 4.78 is 1.74. The Balaban J connectivity index is 1.63. The number of aromatic nitrogens is 2. The fraction of sp³-hybridized carbons (Fsp3) is 0.120. The number of aryl methyl sites for hydroxylation is 1. The number of hydrogen-bond donors (Lipinski definition) is 2. The lowest BCUT2D eigenvalue weighted by Gasteiger charge is -2.04. The molecule has 0 atom stereocenters. The number of carbonyl (C=O) groups excluding carboxylic acids is 2. The van der Waals surface area contributed by atoms with Crippen LogP contribution in [0.5, 0.6) is 0 Å². The average molecular weight is 429 g/mol. The third-order valence-corrected chi connectivity index (χ3v) is 4.60. The Morgan fingerprint density at radius 3 is 2.59 bits per heavy atom.